The Morgan fingerprint density at radius 3 is 2.54 bits per heavy atom. The summed E-state index contributed by atoms with van der Waals surface area (Å²) in [5.74, 6) is 1.25. The predicted octanol–water partition coefficient (Wildman–Crippen LogP) is 3.15. The summed E-state index contributed by atoms with van der Waals surface area (Å²) in [4.78, 5) is 27.0. The molecule has 0 spiro atoms. The lowest BCUT2D eigenvalue weighted by atomic mass is 9.89. The molecule has 2 heterocycles. The highest BCUT2D eigenvalue weighted by molar-refractivity contribution is 5.77. The molecular formula is C22H38N4O2. The zero-order chi connectivity index (χ0) is 20.8. The summed E-state index contributed by atoms with van der Waals surface area (Å²) in [6.45, 7) is 12.0. The van der Waals surface area contributed by atoms with Crippen molar-refractivity contribution in [1.82, 2.24) is 20.0 Å². The Morgan fingerprint density at radius 2 is 1.96 bits per heavy atom. The molecule has 0 radical (unpaired) electrons. The fraction of sp³-hybridized carbons (Fsp3) is 0.773. The van der Waals surface area contributed by atoms with Gasteiger partial charge in [0, 0.05) is 44.7 Å². The Kier molecular flexibility index (Phi) is 8.08. The molecule has 1 saturated heterocycles. The van der Waals surface area contributed by atoms with Crippen molar-refractivity contribution in [3.05, 3.63) is 17.0 Å². The maximum atomic E-state index is 12.5. The van der Waals surface area contributed by atoms with Gasteiger partial charge in [-0.1, -0.05) is 20.8 Å². The van der Waals surface area contributed by atoms with Crippen LogP contribution in [0.2, 0.25) is 0 Å². The van der Waals surface area contributed by atoms with Crippen LogP contribution in [0.1, 0.15) is 69.8 Å². The number of nitrogens with zero attached hydrogens (tertiary/aromatic N) is 3. The molecule has 0 unspecified atom stereocenters. The van der Waals surface area contributed by atoms with Crippen LogP contribution < -0.4 is 5.32 Å². The first-order chi connectivity index (χ1) is 13.2. The molecular weight excluding hydrogens is 352 g/mol. The molecule has 0 saturated carbocycles. The van der Waals surface area contributed by atoms with Crippen LogP contribution in [0, 0.1) is 25.7 Å². The van der Waals surface area contributed by atoms with Crippen LogP contribution in [0.4, 0.5) is 0 Å². The number of rotatable bonds is 8. The van der Waals surface area contributed by atoms with E-state index in [-0.39, 0.29) is 17.9 Å². The summed E-state index contributed by atoms with van der Waals surface area (Å²) in [6.07, 6.45) is 4.61. The molecule has 0 bridgehead atoms. The Balaban J connectivity index is 1.84. The van der Waals surface area contributed by atoms with Gasteiger partial charge in [-0.2, -0.15) is 5.10 Å². The van der Waals surface area contributed by atoms with Gasteiger partial charge in [-0.15, -0.1) is 0 Å². The van der Waals surface area contributed by atoms with Gasteiger partial charge in [-0.25, -0.2) is 0 Å². The number of aromatic nitrogens is 2. The minimum atomic E-state index is 0.102. The van der Waals surface area contributed by atoms with E-state index >= 15 is 0 Å². The van der Waals surface area contributed by atoms with Gasteiger partial charge < -0.3 is 10.2 Å². The molecule has 1 N–H and O–H groups in total. The number of aryl methyl sites for hydroxylation is 2. The number of hydrogen-bond donors (Lipinski definition) is 1. The fourth-order valence-corrected chi connectivity index (χ4v) is 4.13. The van der Waals surface area contributed by atoms with Crippen LogP contribution in [0.3, 0.4) is 0 Å². The molecule has 6 heteroatoms. The van der Waals surface area contributed by atoms with E-state index in [0.717, 1.165) is 50.2 Å². The summed E-state index contributed by atoms with van der Waals surface area (Å²) >= 11 is 0. The number of amides is 2. The van der Waals surface area contributed by atoms with Crippen LogP contribution in [0.5, 0.6) is 0 Å². The fourth-order valence-electron chi connectivity index (χ4n) is 4.13. The summed E-state index contributed by atoms with van der Waals surface area (Å²) < 4.78 is 1.88. The third-order valence-corrected chi connectivity index (χ3v) is 6.15. The number of likely N-dealkylation sites (tertiary alicyclic amines) is 1. The Morgan fingerprint density at radius 1 is 1.25 bits per heavy atom. The molecule has 0 aliphatic carbocycles. The molecule has 0 aromatic carbocycles. The maximum Gasteiger partial charge on any atom is 0.222 e. The molecule has 2 rings (SSSR count). The quantitative estimate of drug-likeness (QED) is 0.741. The second-order valence-electron chi connectivity index (χ2n) is 8.68. The first kappa shape index (κ1) is 22.4. The van der Waals surface area contributed by atoms with Gasteiger partial charge in [-0.05, 0) is 56.9 Å². The molecule has 2 atom stereocenters. The van der Waals surface area contributed by atoms with E-state index < -0.39 is 0 Å². The summed E-state index contributed by atoms with van der Waals surface area (Å²) in [6, 6.07) is 0.169. The van der Waals surface area contributed by atoms with Gasteiger partial charge in [0.1, 0.15) is 0 Å². The minimum Gasteiger partial charge on any atom is -0.353 e. The van der Waals surface area contributed by atoms with Crippen molar-refractivity contribution < 1.29 is 9.59 Å². The molecule has 1 aliphatic heterocycles. The van der Waals surface area contributed by atoms with Crippen LogP contribution in [0.15, 0.2) is 0 Å². The smallest absolute Gasteiger partial charge is 0.222 e. The molecule has 6 nitrogen and oxygen atoms in total. The number of piperidine rings is 1. The van der Waals surface area contributed by atoms with E-state index in [0.29, 0.717) is 24.7 Å². The molecule has 1 aromatic heterocycles. The van der Waals surface area contributed by atoms with Crippen molar-refractivity contribution in [2.45, 2.75) is 79.2 Å². The van der Waals surface area contributed by atoms with Crippen LogP contribution in [0.25, 0.3) is 0 Å². The second kappa shape index (κ2) is 10.1. The number of carbonyl (C=O) groups excluding carboxylic acids is 2. The van der Waals surface area contributed by atoms with E-state index in [1.807, 2.05) is 30.5 Å². The van der Waals surface area contributed by atoms with E-state index in [9.17, 15) is 9.59 Å². The van der Waals surface area contributed by atoms with Crippen molar-refractivity contribution in [3.63, 3.8) is 0 Å². The van der Waals surface area contributed by atoms with Gasteiger partial charge in [-0.3, -0.25) is 14.3 Å². The van der Waals surface area contributed by atoms with Gasteiger partial charge >= 0.3 is 0 Å². The minimum absolute atomic E-state index is 0.102. The summed E-state index contributed by atoms with van der Waals surface area (Å²) in [5.41, 5.74) is 3.31. The van der Waals surface area contributed by atoms with Crippen LogP contribution in [-0.4, -0.2) is 45.6 Å². The molecule has 1 aliphatic rings. The zero-order valence-corrected chi connectivity index (χ0v) is 18.5. The van der Waals surface area contributed by atoms with Crippen molar-refractivity contribution in [2.75, 3.05) is 13.1 Å². The molecule has 1 fully saturated rings. The van der Waals surface area contributed by atoms with Gasteiger partial charge in [0.05, 0.1) is 5.69 Å². The normalized spacial score (nSPS) is 19.9. The average molecular weight is 391 g/mol. The molecule has 1 aromatic rings. The van der Waals surface area contributed by atoms with E-state index in [1.165, 1.54) is 5.56 Å². The zero-order valence-electron chi connectivity index (χ0n) is 18.5. The van der Waals surface area contributed by atoms with E-state index in [4.69, 9.17) is 0 Å². The average Bonchev–Trinajstić information content (AvgIpc) is 2.89. The SMILES string of the molecule is CC[C@@H]1CN(C(=O)CCC(C)C)CC[C@@H]1NC(=O)CCc1c(C)nn(C)c1C. The van der Waals surface area contributed by atoms with Crippen molar-refractivity contribution in [1.29, 1.82) is 0 Å². The van der Waals surface area contributed by atoms with Gasteiger partial charge in [0.25, 0.3) is 0 Å². The lowest BCUT2D eigenvalue weighted by molar-refractivity contribution is -0.134. The maximum absolute atomic E-state index is 12.5. The number of hydrogen-bond acceptors (Lipinski definition) is 3. The topological polar surface area (TPSA) is 67.2 Å². The Bertz CT molecular complexity index is 680. The van der Waals surface area contributed by atoms with E-state index in [2.05, 4.69) is 31.2 Å². The first-order valence-corrected chi connectivity index (χ1v) is 10.8. The molecule has 28 heavy (non-hydrogen) atoms. The van der Waals surface area contributed by atoms with Crippen LogP contribution in [-0.2, 0) is 23.1 Å². The number of carbonyl (C=O) groups is 2. The third-order valence-electron chi connectivity index (χ3n) is 6.15. The van der Waals surface area contributed by atoms with Gasteiger partial charge in [0.2, 0.25) is 11.8 Å². The lowest BCUT2D eigenvalue weighted by Crippen LogP contribution is -2.52. The second-order valence-corrected chi connectivity index (χ2v) is 8.68. The highest BCUT2D eigenvalue weighted by Gasteiger charge is 2.31. The first-order valence-electron chi connectivity index (χ1n) is 10.8. The molecule has 158 valence electrons. The van der Waals surface area contributed by atoms with Gasteiger partial charge in [0.15, 0.2) is 0 Å². The number of nitrogens with one attached hydrogen (secondary N) is 1. The highest BCUT2D eigenvalue weighted by atomic mass is 16.2. The summed E-state index contributed by atoms with van der Waals surface area (Å²) in [7, 11) is 1.94. The van der Waals surface area contributed by atoms with Crippen molar-refractivity contribution in [3.8, 4) is 0 Å². The lowest BCUT2D eigenvalue weighted by Gasteiger charge is -2.39. The van der Waals surface area contributed by atoms with Crippen LogP contribution >= 0.6 is 0 Å². The van der Waals surface area contributed by atoms with Crippen molar-refractivity contribution >= 4 is 11.8 Å². The standard InChI is InChI=1S/C22H38N4O2/c1-7-18-14-26(22(28)11-8-15(2)3)13-12-20(18)23-21(27)10-9-19-16(4)24-25(6)17(19)5/h15,18,20H,7-14H2,1-6H3,(H,23,27)/t18-,20+/m1/s1. The Labute approximate surface area is 170 Å². The molecule has 2 amide bonds. The third kappa shape index (κ3) is 5.82. The summed E-state index contributed by atoms with van der Waals surface area (Å²) in [5, 5.41) is 7.67. The monoisotopic (exact) mass is 390 g/mol. The van der Waals surface area contributed by atoms with Crippen molar-refractivity contribution in [2.24, 2.45) is 18.9 Å². The largest absolute Gasteiger partial charge is 0.353 e. The predicted molar refractivity (Wildman–Crippen MR) is 112 cm³/mol. The van der Waals surface area contributed by atoms with E-state index in [1.54, 1.807) is 0 Å². The highest BCUT2D eigenvalue weighted by Crippen LogP contribution is 2.22. The Hall–Kier alpha value is -1.85.